The Balaban J connectivity index is 2.51. The summed E-state index contributed by atoms with van der Waals surface area (Å²) >= 11 is 5.97. The molecule has 2 aromatic rings. The molecule has 0 saturated heterocycles. The molecule has 0 radical (unpaired) electrons. The van der Waals surface area contributed by atoms with Crippen molar-refractivity contribution in [3.8, 4) is 11.8 Å². The fraction of sp³-hybridized carbons (Fsp3) is 0. The van der Waals surface area contributed by atoms with Gasteiger partial charge < -0.3 is 0 Å². The van der Waals surface area contributed by atoms with Gasteiger partial charge in [0.1, 0.15) is 6.07 Å². The van der Waals surface area contributed by atoms with Gasteiger partial charge in [0.15, 0.2) is 5.69 Å². The third-order valence-corrected chi connectivity index (χ3v) is 2.12. The van der Waals surface area contributed by atoms with Crippen molar-refractivity contribution in [3.63, 3.8) is 0 Å². The molecule has 0 bridgehead atoms. The highest BCUT2D eigenvalue weighted by molar-refractivity contribution is 6.32. The van der Waals surface area contributed by atoms with Crippen LogP contribution in [0, 0.1) is 11.3 Å². The first-order valence-corrected chi connectivity index (χ1v) is 4.40. The van der Waals surface area contributed by atoms with Crippen LogP contribution >= 0.6 is 11.6 Å². The van der Waals surface area contributed by atoms with E-state index in [4.69, 9.17) is 16.9 Å². The van der Waals surface area contributed by atoms with Crippen LogP contribution in [0.3, 0.4) is 0 Å². The van der Waals surface area contributed by atoms with Crippen LogP contribution in [0.15, 0.2) is 36.5 Å². The van der Waals surface area contributed by atoms with Gasteiger partial charge in [-0.1, -0.05) is 23.7 Å². The quantitative estimate of drug-likeness (QED) is 0.714. The fourth-order valence-corrected chi connectivity index (χ4v) is 1.38. The lowest BCUT2D eigenvalue weighted by molar-refractivity contribution is 0.873. The number of nitriles is 1. The maximum atomic E-state index is 8.61. The first kappa shape index (κ1) is 8.79. The molecule has 0 aliphatic carbocycles. The van der Waals surface area contributed by atoms with E-state index in [1.54, 1.807) is 23.0 Å². The molecule has 0 aliphatic rings. The van der Waals surface area contributed by atoms with Gasteiger partial charge in [-0.2, -0.15) is 10.4 Å². The minimum atomic E-state index is 0.380. The number of rotatable bonds is 1. The normalized spacial score (nSPS) is 9.71. The lowest BCUT2D eigenvalue weighted by Crippen LogP contribution is -1.95. The maximum absolute atomic E-state index is 8.61. The van der Waals surface area contributed by atoms with E-state index >= 15 is 0 Å². The monoisotopic (exact) mass is 203 g/mol. The number of para-hydroxylation sites is 1. The molecule has 0 amide bonds. The first-order chi connectivity index (χ1) is 6.81. The maximum Gasteiger partial charge on any atom is 0.162 e. The zero-order valence-corrected chi connectivity index (χ0v) is 7.94. The van der Waals surface area contributed by atoms with Gasteiger partial charge >= 0.3 is 0 Å². The summed E-state index contributed by atoms with van der Waals surface area (Å²) in [5, 5.41) is 13.3. The van der Waals surface area contributed by atoms with Crippen LogP contribution in [-0.2, 0) is 0 Å². The average molecular weight is 204 g/mol. The van der Waals surface area contributed by atoms with Crippen molar-refractivity contribution in [1.82, 2.24) is 9.78 Å². The molecule has 0 atom stereocenters. The molecule has 68 valence electrons. The molecule has 0 fully saturated rings. The van der Waals surface area contributed by atoms with Crippen molar-refractivity contribution in [2.24, 2.45) is 0 Å². The number of hydrogen-bond acceptors (Lipinski definition) is 2. The molecule has 4 heteroatoms. The van der Waals surface area contributed by atoms with Crippen LogP contribution in [0.25, 0.3) is 5.69 Å². The molecular weight excluding hydrogens is 198 g/mol. The highest BCUT2D eigenvalue weighted by Crippen LogP contribution is 2.18. The largest absolute Gasteiger partial charge is 0.238 e. The molecule has 0 unspecified atom stereocenters. The summed E-state index contributed by atoms with van der Waals surface area (Å²) in [6.45, 7) is 0. The second-order valence-corrected chi connectivity index (χ2v) is 3.12. The van der Waals surface area contributed by atoms with Crippen molar-refractivity contribution in [3.05, 3.63) is 47.2 Å². The van der Waals surface area contributed by atoms with Gasteiger partial charge in [0.25, 0.3) is 0 Å². The van der Waals surface area contributed by atoms with E-state index in [0.29, 0.717) is 10.7 Å². The van der Waals surface area contributed by atoms with Crippen molar-refractivity contribution in [2.75, 3.05) is 0 Å². The third-order valence-electron chi connectivity index (χ3n) is 1.80. The Hall–Kier alpha value is -1.79. The number of nitrogens with zero attached hydrogens (tertiary/aromatic N) is 3. The molecule has 0 N–H and O–H groups in total. The highest BCUT2D eigenvalue weighted by Gasteiger charge is 2.03. The summed E-state index contributed by atoms with van der Waals surface area (Å²) in [4.78, 5) is 0. The Morgan fingerprint density at radius 3 is 2.71 bits per heavy atom. The van der Waals surface area contributed by atoms with E-state index in [0.717, 1.165) is 5.69 Å². The smallest absolute Gasteiger partial charge is 0.162 e. The third kappa shape index (κ3) is 1.48. The molecule has 14 heavy (non-hydrogen) atoms. The van der Waals surface area contributed by atoms with Crippen LogP contribution in [0.1, 0.15) is 5.69 Å². The summed E-state index contributed by atoms with van der Waals surface area (Å²) in [6.07, 6.45) is 1.71. The molecular formula is C10H6ClN3. The van der Waals surface area contributed by atoms with Crippen LogP contribution in [0.4, 0.5) is 0 Å². The van der Waals surface area contributed by atoms with E-state index in [1.807, 2.05) is 24.3 Å². The van der Waals surface area contributed by atoms with Gasteiger partial charge in [0, 0.05) is 6.20 Å². The van der Waals surface area contributed by atoms with E-state index < -0.39 is 0 Å². The highest BCUT2D eigenvalue weighted by atomic mass is 35.5. The molecule has 1 aromatic carbocycles. The molecule has 1 aromatic heterocycles. The topological polar surface area (TPSA) is 41.6 Å². The predicted molar refractivity (Wildman–Crippen MR) is 53.3 cm³/mol. The zero-order valence-electron chi connectivity index (χ0n) is 7.18. The summed E-state index contributed by atoms with van der Waals surface area (Å²) in [7, 11) is 0. The van der Waals surface area contributed by atoms with E-state index in [9.17, 15) is 0 Å². The molecule has 2 rings (SSSR count). The van der Waals surface area contributed by atoms with Gasteiger partial charge in [0.05, 0.1) is 10.7 Å². The van der Waals surface area contributed by atoms with Crippen molar-refractivity contribution in [2.45, 2.75) is 0 Å². The fourth-order valence-electron chi connectivity index (χ4n) is 1.16. The molecule has 0 aliphatic heterocycles. The van der Waals surface area contributed by atoms with Gasteiger partial charge in [-0.25, -0.2) is 4.68 Å². The van der Waals surface area contributed by atoms with Gasteiger partial charge in [0.2, 0.25) is 0 Å². The minimum absolute atomic E-state index is 0.380. The Labute approximate surface area is 86.2 Å². The summed E-state index contributed by atoms with van der Waals surface area (Å²) in [6, 6.07) is 10.9. The van der Waals surface area contributed by atoms with Crippen LogP contribution in [-0.4, -0.2) is 9.78 Å². The van der Waals surface area contributed by atoms with Crippen LogP contribution in [0.5, 0.6) is 0 Å². The molecule has 0 saturated carbocycles. The Morgan fingerprint density at radius 2 is 2.07 bits per heavy atom. The minimum Gasteiger partial charge on any atom is -0.238 e. The molecule has 0 spiro atoms. The van der Waals surface area contributed by atoms with E-state index in [1.165, 1.54) is 0 Å². The number of hydrogen-bond donors (Lipinski definition) is 0. The number of aromatic nitrogens is 2. The Kier molecular flexibility index (Phi) is 2.21. The Bertz CT molecular complexity index is 496. The SMILES string of the molecule is N#Cc1ccn(-c2ccccc2Cl)n1. The van der Waals surface area contributed by atoms with Crippen molar-refractivity contribution >= 4 is 11.6 Å². The zero-order chi connectivity index (χ0) is 9.97. The predicted octanol–water partition coefficient (Wildman–Crippen LogP) is 2.40. The Morgan fingerprint density at radius 1 is 1.29 bits per heavy atom. The standard InChI is InChI=1S/C10H6ClN3/c11-9-3-1-2-4-10(9)14-6-5-8(7-12)13-14/h1-6H. The number of benzene rings is 1. The van der Waals surface area contributed by atoms with E-state index in [-0.39, 0.29) is 0 Å². The van der Waals surface area contributed by atoms with Crippen molar-refractivity contribution < 1.29 is 0 Å². The van der Waals surface area contributed by atoms with Crippen molar-refractivity contribution in [1.29, 1.82) is 5.26 Å². The first-order valence-electron chi connectivity index (χ1n) is 4.02. The van der Waals surface area contributed by atoms with Gasteiger partial charge in [-0.15, -0.1) is 0 Å². The lowest BCUT2D eigenvalue weighted by Gasteiger charge is -2.02. The molecule has 1 heterocycles. The second-order valence-electron chi connectivity index (χ2n) is 2.71. The van der Waals surface area contributed by atoms with E-state index in [2.05, 4.69) is 5.10 Å². The van der Waals surface area contributed by atoms with Crippen LogP contribution < -0.4 is 0 Å². The summed E-state index contributed by atoms with van der Waals surface area (Å²) in [5.74, 6) is 0. The van der Waals surface area contributed by atoms with Gasteiger partial charge in [-0.3, -0.25) is 0 Å². The van der Waals surface area contributed by atoms with Crippen LogP contribution in [0.2, 0.25) is 5.02 Å². The molecule has 3 nitrogen and oxygen atoms in total. The average Bonchev–Trinajstić information content (AvgIpc) is 2.67. The summed E-state index contributed by atoms with van der Waals surface area (Å²) in [5.41, 5.74) is 1.15. The second kappa shape index (κ2) is 3.52. The summed E-state index contributed by atoms with van der Waals surface area (Å²) < 4.78 is 1.58. The lowest BCUT2D eigenvalue weighted by atomic mass is 10.3. The number of halogens is 1. The van der Waals surface area contributed by atoms with Gasteiger partial charge in [-0.05, 0) is 18.2 Å².